The summed E-state index contributed by atoms with van der Waals surface area (Å²) in [4.78, 5) is 16.2. The van der Waals surface area contributed by atoms with E-state index in [1.54, 1.807) is 4.90 Å². The highest BCUT2D eigenvalue weighted by molar-refractivity contribution is 5.78. The monoisotopic (exact) mass is 290 g/mol. The fraction of sp³-hybridized carbons (Fsp3) is 0.588. The third-order valence-electron chi connectivity index (χ3n) is 4.19. The summed E-state index contributed by atoms with van der Waals surface area (Å²) in [6.07, 6.45) is 2.40. The molecule has 0 atom stereocenters. The fourth-order valence-electron chi connectivity index (χ4n) is 2.63. The summed E-state index contributed by atoms with van der Waals surface area (Å²) in [5.41, 5.74) is 2.48. The molecule has 4 heteroatoms. The zero-order valence-corrected chi connectivity index (χ0v) is 13.1. The molecule has 1 aromatic carbocycles. The lowest BCUT2D eigenvalue weighted by molar-refractivity contribution is -0.132. The normalized spacial score (nSPS) is 16.9. The Bertz CT molecular complexity index is 450. The van der Waals surface area contributed by atoms with Crippen LogP contribution in [0.25, 0.3) is 0 Å². The summed E-state index contributed by atoms with van der Waals surface area (Å²) < 4.78 is 0. The summed E-state index contributed by atoms with van der Waals surface area (Å²) in [5.74, 6) is 0.144. The first kappa shape index (κ1) is 16.0. The largest absolute Gasteiger partial charge is 0.393 e. The van der Waals surface area contributed by atoms with Gasteiger partial charge in [0.25, 0.3) is 0 Å². The highest BCUT2D eigenvalue weighted by Crippen LogP contribution is 2.11. The Morgan fingerprint density at radius 3 is 2.38 bits per heavy atom. The van der Waals surface area contributed by atoms with Crippen molar-refractivity contribution in [3.8, 4) is 0 Å². The van der Waals surface area contributed by atoms with Crippen molar-refractivity contribution in [2.45, 2.75) is 38.8 Å². The van der Waals surface area contributed by atoms with Crippen LogP contribution in [0.2, 0.25) is 0 Å². The van der Waals surface area contributed by atoms with E-state index in [-0.39, 0.29) is 12.0 Å². The second-order valence-corrected chi connectivity index (χ2v) is 5.93. The topological polar surface area (TPSA) is 43.8 Å². The maximum atomic E-state index is 12.2. The number of rotatable bonds is 5. The van der Waals surface area contributed by atoms with Crippen molar-refractivity contribution in [3.05, 3.63) is 35.4 Å². The molecule has 0 saturated carbocycles. The molecule has 1 saturated heterocycles. The van der Waals surface area contributed by atoms with Gasteiger partial charge in [0.15, 0.2) is 0 Å². The molecule has 2 rings (SSSR count). The SMILES string of the molecule is CCc1ccc(CN(C)C(=O)CN2CCC(O)CC2)cc1. The zero-order valence-electron chi connectivity index (χ0n) is 13.1. The van der Waals surface area contributed by atoms with Gasteiger partial charge in [-0.1, -0.05) is 31.2 Å². The molecule has 0 aliphatic carbocycles. The Morgan fingerprint density at radius 1 is 1.24 bits per heavy atom. The van der Waals surface area contributed by atoms with E-state index in [4.69, 9.17) is 0 Å². The van der Waals surface area contributed by atoms with Crippen molar-refractivity contribution < 1.29 is 9.90 Å². The quantitative estimate of drug-likeness (QED) is 0.897. The molecule has 1 fully saturated rings. The van der Waals surface area contributed by atoms with Gasteiger partial charge in [-0.05, 0) is 30.4 Å². The van der Waals surface area contributed by atoms with Crippen molar-refractivity contribution in [2.75, 3.05) is 26.7 Å². The molecule has 0 bridgehead atoms. The van der Waals surface area contributed by atoms with Crippen LogP contribution in [-0.2, 0) is 17.8 Å². The first-order valence-corrected chi connectivity index (χ1v) is 7.80. The standard InChI is InChI=1S/C17H26N2O2/c1-3-14-4-6-15(7-5-14)12-18(2)17(21)13-19-10-8-16(20)9-11-19/h4-7,16,20H,3,8-13H2,1-2H3. The second-order valence-electron chi connectivity index (χ2n) is 5.93. The van der Waals surface area contributed by atoms with Gasteiger partial charge in [0.05, 0.1) is 12.6 Å². The maximum absolute atomic E-state index is 12.2. The Balaban J connectivity index is 1.81. The minimum Gasteiger partial charge on any atom is -0.393 e. The maximum Gasteiger partial charge on any atom is 0.236 e. The summed E-state index contributed by atoms with van der Waals surface area (Å²) in [6, 6.07) is 8.44. The summed E-state index contributed by atoms with van der Waals surface area (Å²) in [6.45, 7) is 4.87. The van der Waals surface area contributed by atoms with Gasteiger partial charge in [-0.25, -0.2) is 0 Å². The van der Waals surface area contributed by atoms with Gasteiger partial charge in [0.2, 0.25) is 5.91 Å². The number of benzene rings is 1. The highest BCUT2D eigenvalue weighted by Gasteiger charge is 2.20. The first-order valence-electron chi connectivity index (χ1n) is 7.80. The van der Waals surface area contributed by atoms with Gasteiger partial charge < -0.3 is 10.0 Å². The van der Waals surface area contributed by atoms with Gasteiger partial charge >= 0.3 is 0 Å². The molecule has 0 unspecified atom stereocenters. The lowest BCUT2D eigenvalue weighted by Gasteiger charge is -2.30. The van der Waals surface area contributed by atoms with Crippen molar-refractivity contribution >= 4 is 5.91 Å². The molecule has 1 aromatic rings. The lowest BCUT2D eigenvalue weighted by Crippen LogP contribution is -2.43. The Labute approximate surface area is 127 Å². The number of hydrogen-bond acceptors (Lipinski definition) is 3. The van der Waals surface area contributed by atoms with Crippen LogP contribution in [0.3, 0.4) is 0 Å². The Morgan fingerprint density at radius 2 is 1.81 bits per heavy atom. The number of likely N-dealkylation sites (N-methyl/N-ethyl adjacent to an activating group) is 1. The second kappa shape index (κ2) is 7.57. The molecular weight excluding hydrogens is 264 g/mol. The summed E-state index contributed by atoms with van der Waals surface area (Å²) >= 11 is 0. The van der Waals surface area contributed by atoms with Crippen LogP contribution in [0.15, 0.2) is 24.3 Å². The van der Waals surface area contributed by atoms with Crippen molar-refractivity contribution in [3.63, 3.8) is 0 Å². The minimum absolute atomic E-state index is 0.144. The third kappa shape index (κ3) is 4.83. The number of aliphatic hydroxyl groups excluding tert-OH is 1. The van der Waals surface area contributed by atoms with Gasteiger partial charge in [0, 0.05) is 26.7 Å². The van der Waals surface area contributed by atoms with Crippen LogP contribution in [0.4, 0.5) is 0 Å². The zero-order chi connectivity index (χ0) is 15.2. The molecule has 1 N–H and O–H groups in total. The Hall–Kier alpha value is -1.39. The van der Waals surface area contributed by atoms with Gasteiger partial charge in [0.1, 0.15) is 0 Å². The van der Waals surface area contributed by atoms with Gasteiger partial charge in [-0.2, -0.15) is 0 Å². The van der Waals surface area contributed by atoms with E-state index in [2.05, 4.69) is 36.1 Å². The van der Waals surface area contributed by atoms with Crippen LogP contribution < -0.4 is 0 Å². The number of likely N-dealkylation sites (tertiary alicyclic amines) is 1. The molecule has 0 radical (unpaired) electrons. The number of carbonyl (C=O) groups is 1. The van der Waals surface area contributed by atoms with Crippen LogP contribution >= 0.6 is 0 Å². The molecule has 1 amide bonds. The molecule has 1 aliphatic rings. The molecule has 116 valence electrons. The number of aryl methyl sites for hydroxylation is 1. The van der Waals surface area contributed by atoms with E-state index in [0.717, 1.165) is 37.9 Å². The predicted molar refractivity (Wildman–Crippen MR) is 84.0 cm³/mol. The van der Waals surface area contributed by atoms with Gasteiger partial charge in [-0.3, -0.25) is 9.69 Å². The van der Waals surface area contributed by atoms with Crippen molar-refractivity contribution in [1.29, 1.82) is 0 Å². The third-order valence-corrected chi connectivity index (χ3v) is 4.19. The summed E-state index contributed by atoms with van der Waals surface area (Å²) in [7, 11) is 1.86. The van der Waals surface area contributed by atoms with E-state index in [9.17, 15) is 9.90 Å². The predicted octanol–water partition coefficient (Wildman–Crippen LogP) is 1.66. The van der Waals surface area contributed by atoms with E-state index in [1.165, 1.54) is 5.56 Å². The van der Waals surface area contributed by atoms with E-state index in [1.807, 2.05) is 7.05 Å². The minimum atomic E-state index is -0.189. The van der Waals surface area contributed by atoms with Crippen LogP contribution in [0.5, 0.6) is 0 Å². The highest BCUT2D eigenvalue weighted by atomic mass is 16.3. The number of aliphatic hydroxyl groups is 1. The number of piperidine rings is 1. The van der Waals surface area contributed by atoms with Crippen LogP contribution in [0, 0.1) is 0 Å². The van der Waals surface area contributed by atoms with E-state index < -0.39 is 0 Å². The van der Waals surface area contributed by atoms with E-state index >= 15 is 0 Å². The molecule has 4 nitrogen and oxygen atoms in total. The van der Waals surface area contributed by atoms with Crippen molar-refractivity contribution in [2.24, 2.45) is 0 Å². The average Bonchev–Trinajstić information content (AvgIpc) is 2.50. The molecular formula is C17H26N2O2. The molecule has 1 heterocycles. The van der Waals surface area contributed by atoms with Crippen LogP contribution in [-0.4, -0.2) is 53.6 Å². The lowest BCUT2D eigenvalue weighted by atomic mass is 10.1. The van der Waals surface area contributed by atoms with Crippen molar-refractivity contribution in [1.82, 2.24) is 9.80 Å². The number of amides is 1. The van der Waals surface area contributed by atoms with Gasteiger partial charge in [-0.15, -0.1) is 0 Å². The molecule has 0 aromatic heterocycles. The number of carbonyl (C=O) groups excluding carboxylic acids is 1. The van der Waals surface area contributed by atoms with E-state index in [0.29, 0.717) is 13.1 Å². The number of hydrogen-bond donors (Lipinski definition) is 1. The smallest absolute Gasteiger partial charge is 0.236 e. The molecule has 0 spiro atoms. The first-order chi connectivity index (χ1) is 10.1. The Kier molecular flexibility index (Phi) is 5.76. The summed E-state index contributed by atoms with van der Waals surface area (Å²) in [5, 5.41) is 9.49. The average molecular weight is 290 g/mol. The molecule has 1 aliphatic heterocycles. The molecule has 21 heavy (non-hydrogen) atoms. The number of nitrogens with zero attached hydrogens (tertiary/aromatic N) is 2. The fourth-order valence-corrected chi connectivity index (χ4v) is 2.63. The van der Waals surface area contributed by atoms with Crippen LogP contribution in [0.1, 0.15) is 30.9 Å².